The van der Waals surface area contributed by atoms with E-state index in [1.54, 1.807) is 0 Å². The monoisotopic (exact) mass is 390 g/mol. The predicted molar refractivity (Wildman–Crippen MR) is 106 cm³/mol. The number of carbonyl (C=O) groups is 2. The van der Waals surface area contributed by atoms with E-state index in [2.05, 4.69) is 28.2 Å². The third-order valence-electron chi connectivity index (χ3n) is 6.42. The fraction of sp³-hybridized carbons (Fsp3) is 0.409. The van der Waals surface area contributed by atoms with Gasteiger partial charge in [0.15, 0.2) is 5.69 Å². The summed E-state index contributed by atoms with van der Waals surface area (Å²) in [6.07, 6.45) is 4.19. The molecule has 2 bridgehead atoms. The number of nitrogens with one attached hydrogen (secondary N) is 1. The van der Waals surface area contributed by atoms with Crippen molar-refractivity contribution in [1.82, 2.24) is 14.9 Å². The van der Waals surface area contributed by atoms with E-state index in [4.69, 9.17) is 5.73 Å². The van der Waals surface area contributed by atoms with E-state index in [0.29, 0.717) is 24.6 Å². The number of amides is 2. The molecule has 2 saturated carbocycles. The Morgan fingerprint density at radius 2 is 2.10 bits per heavy atom. The molecule has 2 aromatic rings. The van der Waals surface area contributed by atoms with Gasteiger partial charge in [-0.2, -0.15) is 0 Å². The molecular weight excluding hydrogens is 368 g/mol. The second-order valence-electron chi connectivity index (χ2n) is 8.21. The van der Waals surface area contributed by atoms with Gasteiger partial charge in [-0.15, -0.1) is 0 Å². The summed E-state index contributed by atoms with van der Waals surface area (Å²) >= 11 is 0. The van der Waals surface area contributed by atoms with Gasteiger partial charge in [0.25, 0.3) is 11.8 Å². The number of hydrogen-bond donors (Lipinski definition) is 3. The highest BCUT2D eigenvalue weighted by molar-refractivity contribution is 6.05. The molecule has 7 heteroatoms. The molecule has 7 nitrogen and oxygen atoms in total. The van der Waals surface area contributed by atoms with Crippen molar-refractivity contribution >= 4 is 11.8 Å². The van der Waals surface area contributed by atoms with Crippen LogP contribution >= 0.6 is 0 Å². The number of imidazole rings is 1. The highest BCUT2D eigenvalue weighted by Gasteiger charge is 2.42. The highest BCUT2D eigenvalue weighted by atomic mass is 16.3. The molecule has 148 valence electrons. The Balaban J connectivity index is 1.68. The molecule has 4 N–H and O–H groups in total. The zero-order chi connectivity index (χ0) is 20.3. The average molecular weight is 390 g/mol. The minimum absolute atomic E-state index is 0.00378. The van der Waals surface area contributed by atoms with Crippen molar-refractivity contribution in [2.45, 2.75) is 49.7 Å². The summed E-state index contributed by atoms with van der Waals surface area (Å²) in [6.45, 7) is 0. The first kappa shape index (κ1) is 18.0. The van der Waals surface area contributed by atoms with Gasteiger partial charge in [0.05, 0.1) is 0 Å². The van der Waals surface area contributed by atoms with Gasteiger partial charge in [-0.05, 0) is 55.7 Å². The standard InChI is InChI=1S/C22H22N4O3/c1-24-21(28)18-17(19(23)27)25-20-16-9-12(5-8-22(29)6-2-7-22)3-4-15(16)13-10-14(11-13)26(18)20/h3-4,9,13-14,29H,2,6-7,10-11H2,1H3,(H2,23,27)(H,24,28). The molecule has 4 aliphatic rings. The molecule has 6 rings (SSSR count). The molecule has 0 atom stereocenters. The summed E-state index contributed by atoms with van der Waals surface area (Å²) in [4.78, 5) is 29.1. The Hall–Kier alpha value is -3.11. The van der Waals surface area contributed by atoms with E-state index in [0.717, 1.165) is 36.0 Å². The number of aromatic nitrogens is 2. The third kappa shape index (κ3) is 2.67. The van der Waals surface area contributed by atoms with Crippen molar-refractivity contribution in [3.63, 3.8) is 0 Å². The fourth-order valence-electron chi connectivity index (χ4n) is 4.55. The Morgan fingerprint density at radius 3 is 2.72 bits per heavy atom. The normalized spacial score (nSPS) is 22.6. The van der Waals surface area contributed by atoms with Gasteiger partial charge < -0.3 is 20.7 Å². The quantitative estimate of drug-likeness (QED) is 0.678. The van der Waals surface area contributed by atoms with E-state index in [9.17, 15) is 14.7 Å². The van der Waals surface area contributed by atoms with Crippen molar-refractivity contribution in [3.05, 3.63) is 40.7 Å². The molecule has 0 spiro atoms. The van der Waals surface area contributed by atoms with Crippen molar-refractivity contribution in [1.29, 1.82) is 0 Å². The molecule has 0 saturated heterocycles. The SMILES string of the molecule is CNC(=O)c1c(C(N)=O)nc2n1C1CC(C1)c1ccc(C#CC3(O)CCC3)cc1-2. The van der Waals surface area contributed by atoms with Gasteiger partial charge in [-0.25, -0.2) is 4.98 Å². The Morgan fingerprint density at radius 1 is 1.34 bits per heavy atom. The van der Waals surface area contributed by atoms with Gasteiger partial charge in [-0.1, -0.05) is 17.9 Å². The molecule has 2 fully saturated rings. The van der Waals surface area contributed by atoms with Gasteiger partial charge in [-0.3, -0.25) is 9.59 Å². The number of carbonyl (C=O) groups excluding carboxylic acids is 2. The lowest BCUT2D eigenvalue weighted by molar-refractivity contribution is 0.0239. The van der Waals surface area contributed by atoms with E-state index in [1.807, 2.05) is 16.7 Å². The second kappa shape index (κ2) is 6.19. The maximum absolute atomic E-state index is 12.5. The molecule has 2 amide bonds. The molecule has 2 aliphatic carbocycles. The highest BCUT2D eigenvalue weighted by Crippen LogP contribution is 2.52. The third-order valence-corrected chi connectivity index (χ3v) is 6.42. The topological polar surface area (TPSA) is 110 Å². The van der Waals surface area contributed by atoms with Crippen LogP contribution in [0.3, 0.4) is 0 Å². The number of nitrogens with two attached hydrogens (primary N) is 1. The molecule has 0 unspecified atom stereocenters. The van der Waals surface area contributed by atoms with Crippen LogP contribution < -0.4 is 11.1 Å². The van der Waals surface area contributed by atoms with Gasteiger partial charge in [0.1, 0.15) is 17.1 Å². The Bertz CT molecular complexity index is 1110. The largest absolute Gasteiger partial charge is 0.378 e. The van der Waals surface area contributed by atoms with Crippen molar-refractivity contribution in [2.24, 2.45) is 5.73 Å². The van der Waals surface area contributed by atoms with Crippen molar-refractivity contribution < 1.29 is 14.7 Å². The summed E-state index contributed by atoms with van der Waals surface area (Å²) in [5.41, 5.74) is 7.69. The molecule has 1 aromatic heterocycles. The Kier molecular flexibility index (Phi) is 3.83. The van der Waals surface area contributed by atoms with Gasteiger partial charge in [0, 0.05) is 24.2 Å². The summed E-state index contributed by atoms with van der Waals surface area (Å²) in [7, 11) is 1.53. The number of hydrogen-bond acceptors (Lipinski definition) is 4. The minimum Gasteiger partial charge on any atom is -0.378 e. The van der Waals surface area contributed by atoms with Crippen molar-refractivity contribution in [2.75, 3.05) is 7.05 Å². The van der Waals surface area contributed by atoms with E-state index in [-0.39, 0.29) is 23.3 Å². The van der Waals surface area contributed by atoms with Gasteiger partial charge in [0.2, 0.25) is 0 Å². The first-order valence-corrected chi connectivity index (χ1v) is 9.94. The van der Waals surface area contributed by atoms with E-state index >= 15 is 0 Å². The maximum Gasteiger partial charge on any atom is 0.270 e. The molecule has 29 heavy (non-hydrogen) atoms. The number of aliphatic hydroxyl groups is 1. The first-order chi connectivity index (χ1) is 13.9. The van der Waals surface area contributed by atoms with Crippen LogP contribution in [0.15, 0.2) is 18.2 Å². The molecular formula is C22H22N4O3. The van der Waals surface area contributed by atoms with E-state index in [1.165, 1.54) is 7.05 Å². The zero-order valence-electron chi connectivity index (χ0n) is 16.2. The molecule has 1 aromatic carbocycles. The lowest BCUT2D eigenvalue weighted by Crippen LogP contribution is -2.34. The first-order valence-electron chi connectivity index (χ1n) is 9.94. The van der Waals surface area contributed by atoms with Crippen LogP contribution in [0.4, 0.5) is 0 Å². The van der Waals surface area contributed by atoms with Crippen LogP contribution in [-0.2, 0) is 0 Å². The van der Waals surface area contributed by atoms with Crippen LogP contribution in [0.25, 0.3) is 11.4 Å². The number of primary amides is 1. The number of rotatable bonds is 2. The number of benzene rings is 1. The van der Waals surface area contributed by atoms with Crippen LogP contribution in [0, 0.1) is 11.8 Å². The van der Waals surface area contributed by atoms with Crippen LogP contribution in [0.5, 0.6) is 0 Å². The average Bonchev–Trinajstić information content (AvgIpc) is 2.92. The van der Waals surface area contributed by atoms with Crippen LogP contribution in [0.1, 0.15) is 76.2 Å². The summed E-state index contributed by atoms with van der Waals surface area (Å²) in [5, 5.41) is 12.9. The predicted octanol–water partition coefficient (Wildman–Crippen LogP) is 1.71. The Labute approximate surface area is 168 Å². The smallest absolute Gasteiger partial charge is 0.270 e. The number of nitrogens with zero attached hydrogens (tertiary/aromatic N) is 2. The summed E-state index contributed by atoms with van der Waals surface area (Å²) < 4.78 is 1.87. The second-order valence-corrected chi connectivity index (χ2v) is 8.21. The summed E-state index contributed by atoms with van der Waals surface area (Å²) in [5.74, 6) is 5.96. The zero-order valence-corrected chi connectivity index (χ0v) is 16.2. The lowest BCUT2D eigenvalue weighted by Gasteiger charge is -2.35. The molecule has 3 heterocycles. The van der Waals surface area contributed by atoms with Crippen molar-refractivity contribution in [3.8, 4) is 23.2 Å². The molecule has 0 radical (unpaired) electrons. The van der Waals surface area contributed by atoms with Crippen LogP contribution in [-0.4, -0.2) is 39.1 Å². The van der Waals surface area contributed by atoms with E-state index < -0.39 is 11.5 Å². The fourth-order valence-corrected chi connectivity index (χ4v) is 4.55. The molecule has 2 aliphatic heterocycles. The summed E-state index contributed by atoms with van der Waals surface area (Å²) in [6, 6.07) is 6.08. The van der Waals surface area contributed by atoms with Gasteiger partial charge >= 0.3 is 0 Å². The van der Waals surface area contributed by atoms with Crippen LogP contribution in [0.2, 0.25) is 0 Å². The minimum atomic E-state index is -0.877. The maximum atomic E-state index is 12.5. The lowest BCUT2D eigenvalue weighted by atomic mass is 9.75.